The molecule has 1 N–H and O–H groups in total. The number of benzene rings is 2. The van der Waals surface area contributed by atoms with Crippen LogP contribution in [0, 0.1) is 6.92 Å². The second kappa shape index (κ2) is 8.85. The fourth-order valence-electron chi connectivity index (χ4n) is 5.01. The van der Waals surface area contributed by atoms with E-state index in [9.17, 15) is 14.4 Å². The number of rotatable bonds is 3. The van der Waals surface area contributed by atoms with Gasteiger partial charge in [0.05, 0.1) is 16.2 Å². The average Bonchev–Trinajstić information content (AvgIpc) is 2.72. The van der Waals surface area contributed by atoms with Gasteiger partial charge in [0, 0.05) is 22.3 Å². The number of allylic oxidation sites excluding steroid dienone is 1. The minimum Gasteiger partial charge on any atom is -0.360 e. The van der Waals surface area contributed by atoms with Crippen molar-refractivity contribution in [2.24, 2.45) is 0 Å². The summed E-state index contributed by atoms with van der Waals surface area (Å²) in [4.78, 5) is 41.8. The molecule has 2 aromatic rings. The number of carbonyl (C=O) groups excluding carboxylic acids is 3. The molecule has 0 aromatic heterocycles. The summed E-state index contributed by atoms with van der Waals surface area (Å²) in [6.45, 7) is 12.7. The number of hydrogen-bond donors (Lipinski definition) is 1. The van der Waals surface area contributed by atoms with Crippen LogP contribution in [0.15, 0.2) is 42.0 Å². The van der Waals surface area contributed by atoms with Crippen LogP contribution in [0.2, 0.25) is 10.0 Å². The van der Waals surface area contributed by atoms with Gasteiger partial charge in [-0.15, -0.1) is 0 Å². The van der Waals surface area contributed by atoms with E-state index in [4.69, 9.17) is 23.2 Å². The number of halogens is 2. The zero-order valence-electron chi connectivity index (χ0n) is 20.5. The molecule has 0 saturated carbocycles. The van der Waals surface area contributed by atoms with E-state index < -0.39 is 17.8 Å². The SMILES string of the molecule is CC1=CC(C)(C)N(C(C)C)c2cc(C)c(/C=C3\C(=O)NC(=O)N(c4ccc(Cl)cc4Cl)C3=O)cc21. The number of barbiturate groups is 1. The highest BCUT2D eigenvalue weighted by Gasteiger charge is 2.38. The Morgan fingerprint density at radius 3 is 2.31 bits per heavy atom. The summed E-state index contributed by atoms with van der Waals surface area (Å²) >= 11 is 12.2. The largest absolute Gasteiger partial charge is 0.360 e. The van der Waals surface area contributed by atoms with Crippen LogP contribution in [-0.2, 0) is 9.59 Å². The number of amides is 4. The molecule has 2 aromatic carbocycles. The van der Waals surface area contributed by atoms with Gasteiger partial charge in [-0.1, -0.05) is 29.3 Å². The predicted octanol–water partition coefficient (Wildman–Crippen LogP) is 6.38. The first-order valence-electron chi connectivity index (χ1n) is 11.3. The number of aryl methyl sites for hydroxylation is 1. The fraction of sp³-hybridized carbons (Fsp3) is 0.296. The van der Waals surface area contributed by atoms with Crippen molar-refractivity contribution in [2.45, 2.75) is 53.1 Å². The summed E-state index contributed by atoms with van der Waals surface area (Å²) in [6.07, 6.45) is 3.76. The normalized spacial score (nSPS) is 18.7. The monoisotopic (exact) mass is 511 g/mol. The Bertz CT molecular complexity index is 1340. The molecule has 0 radical (unpaired) electrons. The third-order valence-corrected chi connectivity index (χ3v) is 6.87. The lowest BCUT2D eigenvalue weighted by molar-refractivity contribution is -0.122. The highest BCUT2D eigenvalue weighted by molar-refractivity contribution is 6.42. The molecular weight excluding hydrogens is 485 g/mol. The molecule has 35 heavy (non-hydrogen) atoms. The Balaban J connectivity index is 1.82. The fourth-order valence-corrected chi connectivity index (χ4v) is 5.50. The number of carbonyl (C=O) groups is 3. The zero-order valence-corrected chi connectivity index (χ0v) is 22.0. The predicted molar refractivity (Wildman–Crippen MR) is 142 cm³/mol. The summed E-state index contributed by atoms with van der Waals surface area (Å²) < 4.78 is 0. The number of imide groups is 2. The molecule has 0 spiro atoms. The third kappa shape index (κ3) is 4.37. The molecule has 6 nitrogen and oxygen atoms in total. The van der Waals surface area contributed by atoms with Gasteiger partial charge >= 0.3 is 6.03 Å². The lowest BCUT2D eigenvalue weighted by Crippen LogP contribution is -2.54. The molecule has 8 heteroatoms. The van der Waals surface area contributed by atoms with Crippen LogP contribution < -0.4 is 15.1 Å². The molecule has 4 amide bonds. The highest BCUT2D eigenvalue weighted by Crippen LogP contribution is 2.42. The van der Waals surface area contributed by atoms with Gasteiger partial charge in [-0.05, 0) is 94.7 Å². The first-order valence-corrected chi connectivity index (χ1v) is 12.1. The Morgan fingerprint density at radius 1 is 1.00 bits per heavy atom. The van der Waals surface area contributed by atoms with E-state index in [2.05, 4.69) is 57.0 Å². The van der Waals surface area contributed by atoms with E-state index in [1.54, 1.807) is 0 Å². The van der Waals surface area contributed by atoms with Gasteiger partial charge in [0.2, 0.25) is 0 Å². The summed E-state index contributed by atoms with van der Waals surface area (Å²) in [6, 6.07) is 7.91. The van der Waals surface area contributed by atoms with E-state index in [1.165, 1.54) is 24.3 Å². The Labute approximate surface area is 215 Å². The van der Waals surface area contributed by atoms with Crippen molar-refractivity contribution in [3.05, 3.63) is 68.7 Å². The van der Waals surface area contributed by atoms with E-state index >= 15 is 0 Å². The summed E-state index contributed by atoms with van der Waals surface area (Å²) in [5.74, 6) is -1.51. The molecule has 182 valence electrons. The number of fused-ring (bicyclic) bond motifs is 1. The number of hydrogen-bond acceptors (Lipinski definition) is 4. The minimum atomic E-state index is -0.864. The topological polar surface area (TPSA) is 69.7 Å². The van der Waals surface area contributed by atoms with Crippen molar-refractivity contribution in [3.63, 3.8) is 0 Å². The number of urea groups is 1. The summed E-state index contributed by atoms with van der Waals surface area (Å²) in [5.41, 5.74) is 4.71. The van der Waals surface area contributed by atoms with Gasteiger partial charge in [0.15, 0.2) is 0 Å². The first kappa shape index (κ1) is 25.0. The third-order valence-electron chi connectivity index (χ3n) is 6.33. The lowest BCUT2D eigenvalue weighted by Gasteiger charge is -2.46. The van der Waals surface area contributed by atoms with Crippen molar-refractivity contribution in [1.29, 1.82) is 0 Å². The van der Waals surface area contributed by atoms with Gasteiger partial charge in [0.25, 0.3) is 11.8 Å². The van der Waals surface area contributed by atoms with Crippen LogP contribution in [0.5, 0.6) is 0 Å². The molecule has 1 saturated heterocycles. The van der Waals surface area contributed by atoms with Gasteiger partial charge in [0.1, 0.15) is 5.57 Å². The van der Waals surface area contributed by atoms with Crippen LogP contribution in [0.3, 0.4) is 0 Å². The maximum atomic E-state index is 13.3. The molecule has 2 aliphatic heterocycles. The Hall–Kier alpha value is -3.09. The summed E-state index contributed by atoms with van der Waals surface area (Å²) in [7, 11) is 0. The maximum absolute atomic E-state index is 13.3. The lowest BCUT2D eigenvalue weighted by atomic mass is 9.85. The molecule has 0 atom stereocenters. The van der Waals surface area contributed by atoms with Crippen molar-refractivity contribution >= 4 is 64.1 Å². The number of anilines is 2. The van der Waals surface area contributed by atoms with Crippen LogP contribution in [-0.4, -0.2) is 29.4 Å². The number of nitrogens with one attached hydrogen (secondary N) is 1. The maximum Gasteiger partial charge on any atom is 0.335 e. The minimum absolute atomic E-state index is 0.122. The van der Waals surface area contributed by atoms with Crippen LogP contribution in [0.4, 0.5) is 16.2 Å². The molecule has 0 aliphatic carbocycles. The van der Waals surface area contributed by atoms with Crippen molar-refractivity contribution < 1.29 is 14.4 Å². The Kier molecular flexibility index (Phi) is 6.32. The first-order chi connectivity index (χ1) is 16.3. The van der Waals surface area contributed by atoms with Gasteiger partial charge in [-0.2, -0.15) is 0 Å². The summed E-state index contributed by atoms with van der Waals surface area (Å²) in [5, 5.41) is 2.73. The van der Waals surface area contributed by atoms with E-state index in [0.29, 0.717) is 5.02 Å². The zero-order chi connectivity index (χ0) is 25.8. The smallest absolute Gasteiger partial charge is 0.335 e. The number of nitrogens with zero attached hydrogens (tertiary/aromatic N) is 2. The van der Waals surface area contributed by atoms with E-state index in [1.807, 2.05) is 13.0 Å². The van der Waals surface area contributed by atoms with Crippen molar-refractivity contribution in [2.75, 3.05) is 9.80 Å². The molecule has 4 rings (SSSR count). The van der Waals surface area contributed by atoms with Crippen LogP contribution in [0.1, 0.15) is 51.3 Å². The molecular formula is C27H27Cl2N3O3. The van der Waals surface area contributed by atoms with Crippen LogP contribution >= 0.6 is 23.2 Å². The molecule has 2 aliphatic rings. The molecule has 0 unspecified atom stereocenters. The second-order valence-electron chi connectivity index (χ2n) is 9.72. The van der Waals surface area contributed by atoms with E-state index in [-0.39, 0.29) is 27.9 Å². The van der Waals surface area contributed by atoms with Crippen molar-refractivity contribution in [3.8, 4) is 0 Å². The molecule has 0 bridgehead atoms. The average molecular weight is 512 g/mol. The highest BCUT2D eigenvalue weighted by atomic mass is 35.5. The van der Waals surface area contributed by atoms with Gasteiger partial charge < -0.3 is 4.90 Å². The standard InChI is InChI=1S/C27H27Cl2N3O3/c1-14(2)32-23-9-15(3)17(10-19(23)16(4)13-27(32,5)6)11-20-24(33)30-26(35)31(25(20)34)22-8-7-18(28)12-21(22)29/h7-14H,1-6H3,(H,30,33,35)/b20-11+. The van der Waals surface area contributed by atoms with Gasteiger partial charge in [-0.3, -0.25) is 14.9 Å². The quantitative estimate of drug-likeness (QED) is 0.383. The molecule has 2 heterocycles. The van der Waals surface area contributed by atoms with Crippen LogP contribution in [0.25, 0.3) is 11.6 Å². The second-order valence-corrected chi connectivity index (χ2v) is 10.6. The molecule has 1 fully saturated rings. The Morgan fingerprint density at radius 2 is 1.69 bits per heavy atom. The van der Waals surface area contributed by atoms with Gasteiger partial charge in [-0.25, -0.2) is 9.69 Å². The van der Waals surface area contributed by atoms with Crippen molar-refractivity contribution in [1.82, 2.24) is 5.32 Å². The van der Waals surface area contributed by atoms with E-state index in [0.717, 1.165) is 32.9 Å².